The lowest BCUT2D eigenvalue weighted by atomic mass is 9.94. The number of pyridine rings is 1. The highest BCUT2D eigenvalue weighted by atomic mass is 16.5. The van der Waals surface area contributed by atoms with Gasteiger partial charge in [-0.05, 0) is 43.5 Å². The minimum atomic E-state index is -0.150. The van der Waals surface area contributed by atoms with Crippen LogP contribution in [0.4, 0.5) is 0 Å². The minimum Gasteiger partial charge on any atom is -0.478 e. The van der Waals surface area contributed by atoms with Gasteiger partial charge in [0.2, 0.25) is 11.8 Å². The van der Waals surface area contributed by atoms with Crippen molar-refractivity contribution in [3.8, 4) is 5.88 Å². The number of carbonyl (C=O) groups is 1. The zero-order valence-corrected chi connectivity index (χ0v) is 18.6. The van der Waals surface area contributed by atoms with Gasteiger partial charge in [-0.3, -0.25) is 9.69 Å². The SMILES string of the molecule is CCOc1ncccc1CN1CCCC(C(=O)NC(c2ccccc2)c2ccccc2)C1. The molecule has 2 heterocycles. The van der Waals surface area contributed by atoms with E-state index in [1.165, 1.54) is 0 Å². The van der Waals surface area contributed by atoms with E-state index in [4.69, 9.17) is 4.74 Å². The van der Waals surface area contributed by atoms with Gasteiger partial charge in [0.25, 0.3) is 0 Å². The van der Waals surface area contributed by atoms with Gasteiger partial charge in [0.15, 0.2) is 0 Å². The normalized spacial score (nSPS) is 16.6. The van der Waals surface area contributed by atoms with E-state index in [9.17, 15) is 4.79 Å². The van der Waals surface area contributed by atoms with Crippen molar-refractivity contribution >= 4 is 5.91 Å². The summed E-state index contributed by atoms with van der Waals surface area (Å²) in [5.41, 5.74) is 3.26. The van der Waals surface area contributed by atoms with Crippen molar-refractivity contribution in [2.75, 3.05) is 19.7 Å². The number of likely N-dealkylation sites (tertiary alicyclic amines) is 1. The third kappa shape index (κ3) is 5.54. The van der Waals surface area contributed by atoms with E-state index < -0.39 is 0 Å². The molecule has 1 atom stereocenters. The van der Waals surface area contributed by atoms with E-state index in [2.05, 4.69) is 45.5 Å². The van der Waals surface area contributed by atoms with Gasteiger partial charge in [0.05, 0.1) is 18.6 Å². The Balaban J connectivity index is 1.45. The summed E-state index contributed by atoms with van der Waals surface area (Å²) in [4.78, 5) is 20.1. The molecule has 3 aromatic rings. The number of rotatable bonds is 8. The van der Waals surface area contributed by atoms with Gasteiger partial charge < -0.3 is 10.1 Å². The van der Waals surface area contributed by atoms with Crippen molar-refractivity contribution in [1.82, 2.24) is 15.2 Å². The lowest BCUT2D eigenvalue weighted by molar-refractivity contribution is -0.127. The average molecular weight is 430 g/mol. The van der Waals surface area contributed by atoms with Gasteiger partial charge in [-0.15, -0.1) is 0 Å². The van der Waals surface area contributed by atoms with Crippen LogP contribution in [0.2, 0.25) is 0 Å². The number of nitrogens with one attached hydrogen (secondary N) is 1. The molecule has 5 heteroatoms. The highest BCUT2D eigenvalue weighted by Crippen LogP contribution is 2.26. The van der Waals surface area contributed by atoms with Crippen molar-refractivity contribution in [2.45, 2.75) is 32.4 Å². The standard InChI is InChI=1S/C27H31N3O2/c1-2-32-27-24(15-9-17-28-27)20-30-18-10-16-23(19-30)26(31)29-25(21-11-5-3-6-12-21)22-13-7-4-8-14-22/h3-9,11-15,17,23,25H,2,10,16,18-20H2,1H3,(H,29,31). The van der Waals surface area contributed by atoms with Gasteiger partial charge >= 0.3 is 0 Å². The zero-order valence-electron chi connectivity index (χ0n) is 18.6. The Morgan fingerprint density at radius 2 is 1.75 bits per heavy atom. The number of ether oxygens (including phenoxy) is 1. The van der Waals surface area contributed by atoms with Crippen LogP contribution in [0.1, 0.15) is 42.5 Å². The van der Waals surface area contributed by atoms with Gasteiger partial charge in [0.1, 0.15) is 0 Å². The number of hydrogen-bond donors (Lipinski definition) is 1. The van der Waals surface area contributed by atoms with Gasteiger partial charge in [-0.25, -0.2) is 4.98 Å². The summed E-state index contributed by atoms with van der Waals surface area (Å²) in [7, 11) is 0. The van der Waals surface area contributed by atoms with Crippen LogP contribution in [-0.2, 0) is 11.3 Å². The molecule has 1 aliphatic rings. The second-order valence-electron chi connectivity index (χ2n) is 8.24. The largest absolute Gasteiger partial charge is 0.478 e. The van der Waals surface area contributed by atoms with Crippen molar-refractivity contribution in [1.29, 1.82) is 0 Å². The molecular weight excluding hydrogens is 398 g/mol. The second-order valence-corrected chi connectivity index (χ2v) is 8.24. The van der Waals surface area contributed by atoms with E-state index in [0.29, 0.717) is 12.5 Å². The molecule has 0 radical (unpaired) electrons. The molecule has 0 saturated carbocycles. The topological polar surface area (TPSA) is 54.5 Å². The van der Waals surface area contributed by atoms with Crippen LogP contribution in [0.3, 0.4) is 0 Å². The monoisotopic (exact) mass is 429 g/mol. The lowest BCUT2D eigenvalue weighted by Gasteiger charge is -2.33. The summed E-state index contributed by atoms with van der Waals surface area (Å²) < 4.78 is 5.69. The van der Waals surface area contributed by atoms with Crippen LogP contribution in [0.15, 0.2) is 79.0 Å². The lowest BCUT2D eigenvalue weighted by Crippen LogP contribution is -2.43. The number of piperidine rings is 1. The summed E-state index contributed by atoms with van der Waals surface area (Å²) in [6, 6.07) is 24.2. The summed E-state index contributed by atoms with van der Waals surface area (Å²) in [5, 5.41) is 3.33. The molecule has 1 aliphatic heterocycles. The Bertz CT molecular complexity index is 955. The molecule has 4 rings (SSSR count). The molecule has 1 saturated heterocycles. The zero-order chi connectivity index (χ0) is 22.2. The second kappa shape index (κ2) is 10.9. The predicted octanol–water partition coefficient (Wildman–Crippen LogP) is 4.60. The molecule has 0 bridgehead atoms. The van der Waals surface area contributed by atoms with E-state index in [0.717, 1.165) is 49.2 Å². The number of aromatic nitrogens is 1. The third-order valence-corrected chi connectivity index (χ3v) is 5.95. The Labute approximate surface area is 190 Å². The first-order chi connectivity index (χ1) is 15.7. The van der Waals surface area contributed by atoms with Crippen LogP contribution >= 0.6 is 0 Å². The first kappa shape index (κ1) is 22.0. The summed E-state index contributed by atoms with van der Waals surface area (Å²) >= 11 is 0. The number of hydrogen-bond acceptors (Lipinski definition) is 4. The fourth-order valence-corrected chi connectivity index (χ4v) is 4.38. The highest BCUT2D eigenvalue weighted by Gasteiger charge is 2.28. The van der Waals surface area contributed by atoms with Gasteiger partial charge in [-0.2, -0.15) is 0 Å². The molecule has 1 aromatic heterocycles. The molecular formula is C27H31N3O2. The summed E-state index contributed by atoms with van der Waals surface area (Å²) in [6.45, 7) is 5.02. The smallest absolute Gasteiger partial charge is 0.225 e. The van der Waals surface area contributed by atoms with Gasteiger partial charge in [-0.1, -0.05) is 66.7 Å². The number of amides is 1. The Kier molecular flexibility index (Phi) is 7.51. The molecule has 1 unspecified atom stereocenters. The molecule has 5 nitrogen and oxygen atoms in total. The van der Waals surface area contributed by atoms with Crippen molar-refractivity contribution in [3.05, 3.63) is 95.7 Å². The van der Waals surface area contributed by atoms with Crippen LogP contribution in [-0.4, -0.2) is 35.5 Å². The molecule has 0 spiro atoms. The Hall–Kier alpha value is -3.18. The van der Waals surface area contributed by atoms with Crippen LogP contribution in [0.5, 0.6) is 5.88 Å². The van der Waals surface area contributed by atoms with E-state index in [-0.39, 0.29) is 17.9 Å². The van der Waals surface area contributed by atoms with Crippen LogP contribution < -0.4 is 10.1 Å². The van der Waals surface area contributed by atoms with Crippen LogP contribution in [0, 0.1) is 5.92 Å². The maximum Gasteiger partial charge on any atom is 0.225 e. The highest BCUT2D eigenvalue weighted by molar-refractivity contribution is 5.80. The third-order valence-electron chi connectivity index (χ3n) is 5.95. The van der Waals surface area contributed by atoms with Crippen molar-refractivity contribution in [3.63, 3.8) is 0 Å². The summed E-state index contributed by atoms with van der Waals surface area (Å²) in [6.07, 6.45) is 3.67. The summed E-state index contributed by atoms with van der Waals surface area (Å²) in [5.74, 6) is 0.768. The van der Waals surface area contributed by atoms with E-state index in [1.54, 1.807) is 6.20 Å². The van der Waals surface area contributed by atoms with E-state index in [1.807, 2.05) is 49.4 Å². The van der Waals surface area contributed by atoms with E-state index >= 15 is 0 Å². The fraction of sp³-hybridized carbons (Fsp3) is 0.333. The maximum absolute atomic E-state index is 13.3. The molecule has 32 heavy (non-hydrogen) atoms. The molecule has 166 valence electrons. The minimum absolute atomic E-state index is 0.0362. The first-order valence-corrected chi connectivity index (χ1v) is 11.4. The number of benzene rings is 2. The fourth-order valence-electron chi connectivity index (χ4n) is 4.38. The first-order valence-electron chi connectivity index (χ1n) is 11.4. The molecule has 1 N–H and O–H groups in total. The number of nitrogens with zero attached hydrogens (tertiary/aromatic N) is 2. The number of carbonyl (C=O) groups excluding carboxylic acids is 1. The molecule has 1 amide bonds. The molecule has 2 aromatic carbocycles. The predicted molar refractivity (Wildman–Crippen MR) is 126 cm³/mol. The van der Waals surface area contributed by atoms with Crippen molar-refractivity contribution in [2.24, 2.45) is 5.92 Å². The quantitative estimate of drug-likeness (QED) is 0.569. The maximum atomic E-state index is 13.3. The average Bonchev–Trinajstić information content (AvgIpc) is 2.85. The Morgan fingerprint density at radius 3 is 2.41 bits per heavy atom. The molecule has 0 aliphatic carbocycles. The van der Waals surface area contributed by atoms with Crippen molar-refractivity contribution < 1.29 is 9.53 Å². The van der Waals surface area contributed by atoms with Crippen LogP contribution in [0.25, 0.3) is 0 Å². The molecule has 1 fully saturated rings. The van der Waals surface area contributed by atoms with Gasteiger partial charge in [0, 0.05) is 24.8 Å². The Morgan fingerprint density at radius 1 is 1.06 bits per heavy atom.